The van der Waals surface area contributed by atoms with E-state index in [2.05, 4.69) is 31.3 Å². The zero-order chi connectivity index (χ0) is 12.5. The highest BCUT2D eigenvalue weighted by Crippen LogP contribution is 2.05. The predicted octanol–water partition coefficient (Wildman–Crippen LogP) is 4.33. The van der Waals surface area contributed by atoms with Crippen molar-refractivity contribution < 1.29 is 4.39 Å². The second-order valence-electron chi connectivity index (χ2n) is 3.96. The molecule has 2 heteroatoms. The summed E-state index contributed by atoms with van der Waals surface area (Å²) >= 11 is 0. The number of hydrogen-bond donors (Lipinski definition) is 1. The summed E-state index contributed by atoms with van der Waals surface area (Å²) in [5, 5.41) is 3.30. The Balaban J connectivity index is 0.000000181. The quantitative estimate of drug-likeness (QED) is 0.811. The van der Waals surface area contributed by atoms with Crippen LogP contribution in [0.25, 0.3) is 0 Å². The minimum atomic E-state index is -0.178. The Morgan fingerprint density at radius 3 is 1.65 bits per heavy atom. The number of halogens is 1. The molecule has 0 unspecified atom stereocenters. The average Bonchev–Trinajstić information content (AvgIpc) is 2.31. The van der Waals surface area contributed by atoms with Crippen molar-refractivity contribution in [3.63, 3.8) is 0 Å². The van der Waals surface area contributed by atoms with Crippen LogP contribution in [0, 0.1) is 5.82 Å². The molecule has 1 N–H and O–H groups in total. The summed E-state index contributed by atoms with van der Waals surface area (Å²) in [6.45, 7) is 4.26. The molecule has 1 nitrogen and oxygen atoms in total. The van der Waals surface area contributed by atoms with E-state index in [9.17, 15) is 4.39 Å². The SMILES string of the molecule is CC(C)Nc1ccccc1.Fc1ccccc1. The molecule has 0 bridgehead atoms. The molecule has 2 aromatic rings. The molecule has 0 aliphatic rings. The lowest BCUT2D eigenvalue weighted by molar-refractivity contribution is 0.628. The van der Waals surface area contributed by atoms with Gasteiger partial charge in [-0.25, -0.2) is 4.39 Å². The van der Waals surface area contributed by atoms with E-state index in [0.29, 0.717) is 6.04 Å². The van der Waals surface area contributed by atoms with Crippen molar-refractivity contribution in [1.82, 2.24) is 0 Å². The van der Waals surface area contributed by atoms with Gasteiger partial charge in [0.25, 0.3) is 0 Å². The lowest BCUT2D eigenvalue weighted by atomic mass is 10.3. The highest BCUT2D eigenvalue weighted by Gasteiger charge is 1.90. The highest BCUT2D eigenvalue weighted by atomic mass is 19.1. The Morgan fingerprint density at radius 2 is 1.29 bits per heavy atom. The molecule has 2 aromatic carbocycles. The van der Waals surface area contributed by atoms with Crippen molar-refractivity contribution >= 4 is 5.69 Å². The monoisotopic (exact) mass is 231 g/mol. The fourth-order valence-corrected chi connectivity index (χ4v) is 1.28. The van der Waals surface area contributed by atoms with Crippen LogP contribution in [0.3, 0.4) is 0 Å². The van der Waals surface area contributed by atoms with Gasteiger partial charge in [-0.15, -0.1) is 0 Å². The summed E-state index contributed by atoms with van der Waals surface area (Å²) in [6.07, 6.45) is 0. The van der Waals surface area contributed by atoms with Crippen molar-refractivity contribution in [2.24, 2.45) is 0 Å². The van der Waals surface area contributed by atoms with Crippen LogP contribution in [0.4, 0.5) is 10.1 Å². The summed E-state index contributed by atoms with van der Waals surface area (Å²) in [5.74, 6) is -0.178. The minimum absolute atomic E-state index is 0.178. The molecule has 0 heterocycles. The standard InChI is InChI=1S/C9H13N.C6H5F/c1-8(2)10-9-6-4-3-5-7-9;7-6-4-2-1-3-5-6/h3-8,10H,1-2H3;1-5H. The summed E-state index contributed by atoms with van der Waals surface area (Å²) in [5.41, 5.74) is 1.19. The number of rotatable bonds is 2. The number of anilines is 1. The van der Waals surface area contributed by atoms with Crippen LogP contribution in [0.15, 0.2) is 60.7 Å². The molecular formula is C15H18FN. The molecule has 0 spiro atoms. The summed E-state index contributed by atoms with van der Waals surface area (Å²) in [7, 11) is 0. The maximum absolute atomic E-state index is 11.9. The van der Waals surface area contributed by atoms with Crippen molar-refractivity contribution in [2.75, 3.05) is 5.32 Å². The van der Waals surface area contributed by atoms with Crippen LogP contribution in [0.5, 0.6) is 0 Å². The Morgan fingerprint density at radius 1 is 0.824 bits per heavy atom. The van der Waals surface area contributed by atoms with Crippen molar-refractivity contribution in [1.29, 1.82) is 0 Å². The van der Waals surface area contributed by atoms with Gasteiger partial charge in [-0.2, -0.15) is 0 Å². The van der Waals surface area contributed by atoms with Crippen LogP contribution >= 0.6 is 0 Å². The first-order chi connectivity index (χ1) is 8.18. The van der Waals surface area contributed by atoms with Gasteiger partial charge in [0.1, 0.15) is 5.82 Å². The van der Waals surface area contributed by atoms with Gasteiger partial charge >= 0.3 is 0 Å². The third kappa shape index (κ3) is 6.36. The number of hydrogen-bond acceptors (Lipinski definition) is 1. The van der Waals surface area contributed by atoms with Crippen LogP contribution in [-0.2, 0) is 0 Å². The van der Waals surface area contributed by atoms with Crippen LogP contribution < -0.4 is 5.32 Å². The van der Waals surface area contributed by atoms with Gasteiger partial charge < -0.3 is 5.32 Å². The van der Waals surface area contributed by atoms with E-state index < -0.39 is 0 Å². The molecule has 0 aliphatic carbocycles. The van der Waals surface area contributed by atoms with Crippen LogP contribution in [0.2, 0.25) is 0 Å². The Bertz CT molecular complexity index is 398. The smallest absolute Gasteiger partial charge is 0.123 e. The molecule has 0 saturated carbocycles. The van der Waals surface area contributed by atoms with E-state index >= 15 is 0 Å². The fourth-order valence-electron chi connectivity index (χ4n) is 1.28. The van der Waals surface area contributed by atoms with Gasteiger partial charge in [-0.05, 0) is 38.1 Å². The number of benzene rings is 2. The van der Waals surface area contributed by atoms with E-state index in [1.807, 2.05) is 18.2 Å². The van der Waals surface area contributed by atoms with Gasteiger partial charge in [0.05, 0.1) is 0 Å². The topological polar surface area (TPSA) is 12.0 Å². The maximum atomic E-state index is 11.9. The third-order valence-corrected chi connectivity index (χ3v) is 1.96. The lowest BCUT2D eigenvalue weighted by Gasteiger charge is -2.08. The molecular weight excluding hydrogens is 213 g/mol. The van der Waals surface area contributed by atoms with Gasteiger partial charge in [0.15, 0.2) is 0 Å². The molecule has 0 saturated heterocycles. The van der Waals surface area contributed by atoms with Gasteiger partial charge in [-0.1, -0.05) is 36.4 Å². The summed E-state index contributed by atoms with van der Waals surface area (Å²) in [6, 6.07) is 18.7. The van der Waals surface area contributed by atoms with E-state index in [1.165, 1.54) is 17.8 Å². The molecule has 90 valence electrons. The molecule has 0 radical (unpaired) electrons. The summed E-state index contributed by atoms with van der Waals surface area (Å²) in [4.78, 5) is 0. The third-order valence-electron chi connectivity index (χ3n) is 1.96. The molecule has 17 heavy (non-hydrogen) atoms. The van der Waals surface area contributed by atoms with Crippen LogP contribution in [-0.4, -0.2) is 6.04 Å². The highest BCUT2D eigenvalue weighted by molar-refractivity contribution is 5.42. The zero-order valence-corrected chi connectivity index (χ0v) is 10.2. The molecule has 0 aromatic heterocycles. The van der Waals surface area contributed by atoms with Crippen molar-refractivity contribution in [3.05, 3.63) is 66.5 Å². The van der Waals surface area contributed by atoms with Gasteiger partial charge in [-0.3, -0.25) is 0 Å². The van der Waals surface area contributed by atoms with Crippen molar-refractivity contribution in [2.45, 2.75) is 19.9 Å². The molecule has 0 aliphatic heterocycles. The second kappa shape index (κ2) is 7.44. The zero-order valence-electron chi connectivity index (χ0n) is 10.2. The first-order valence-corrected chi connectivity index (χ1v) is 5.70. The Labute approximate surface area is 102 Å². The van der Waals surface area contributed by atoms with E-state index in [1.54, 1.807) is 18.2 Å². The van der Waals surface area contributed by atoms with Gasteiger partial charge in [0.2, 0.25) is 0 Å². The number of nitrogens with one attached hydrogen (secondary N) is 1. The Kier molecular flexibility index (Phi) is 5.80. The largest absolute Gasteiger partial charge is 0.383 e. The number of para-hydroxylation sites is 1. The molecule has 2 rings (SSSR count). The second-order valence-corrected chi connectivity index (χ2v) is 3.96. The minimum Gasteiger partial charge on any atom is -0.383 e. The molecule has 0 atom stereocenters. The van der Waals surface area contributed by atoms with Gasteiger partial charge in [0, 0.05) is 11.7 Å². The average molecular weight is 231 g/mol. The predicted molar refractivity (Wildman–Crippen MR) is 71.6 cm³/mol. The van der Waals surface area contributed by atoms with E-state index in [0.717, 1.165) is 0 Å². The van der Waals surface area contributed by atoms with E-state index in [4.69, 9.17) is 0 Å². The first-order valence-electron chi connectivity index (χ1n) is 5.70. The lowest BCUT2D eigenvalue weighted by Crippen LogP contribution is -2.08. The van der Waals surface area contributed by atoms with E-state index in [-0.39, 0.29) is 5.82 Å². The fraction of sp³-hybridized carbons (Fsp3) is 0.200. The molecule has 0 fully saturated rings. The van der Waals surface area contributed by atoms with Crippen molar-refractivity contribution in [3.8, 4) is 0 Å². The van der Waals surface area contributed by atoms with Crippen LogP contribution in [0.1, 0.15) is 13.8 Å². The molecule has 0 amide bonds. The maximum Gasteiger partial charge on any atom is 0.123 e. The Hall–Kier alpha value is -1.83. The first kappa shape index (κ1) is 13.2. The normalized spacial score (nSPS) is 9.41. The summed E-state index contributed by atoms with van der Waals surface area (Å²) < 4.78 is 11.9.